The van der Waals surface area contributed by atoms with Gasteiger partial charge in [0.2, 0.25) is 5.91 Å². The molecule has 1 amide bonds. The molecule has 5 unspecified atom stereocenters. The number of amides is 1. The Labute approximate surface area is 149 Å². The van der Waals surface area contributed by atoms with Crippen LogP contribution < -0.4 is 5.32 Å². The summed E-state index contributed by atoms with van der Waals surface area (Å²) in [6, 6.07) is 7.60. The first kappa shape index (κ1) is 15.4. The van der Waals surface area contributed by atoms with Gasteiger partial charge in [-0.1, -0.05) is 13.8 Å². The van der Waals surface area contributed by atoms with E-state index in [-0.39, 0.29) is 28.6 Å². The molecule has 122 valence electrons. The number of carbonyl (C=O) groups is 2. The number of aliphatic carboxylic acids is 1. The third-order valence-corrected chi connectivity index (χ3v) is 7.58. The molecule has 0 aliphatic heterocycles. The summed E-state index contributed by atoms with van der Waals surface area (Å²) in [7, 11) is 0. The lowest BCUT2D eigenvalue weighted by Gasteiger charge is -2.42. The molecule has 3 aliphatic rings. The quantitative estimate of drug-likeness (QED) is 0.728. The van der Waals surface area contributed by atoms with Crippen molar-refractivity contribution >= 4 is 40.2 Å². The topological polar surface area (TPSA) is 66.4 Å². The smallest absolute Gasteiger partial charge is 0.307 e. The van der Waals surface area contributed by atoms with Crippen molar-refractivity contribution in [3.8, 4) is 0 Å². The van der Waals surface area contributed by atoms with Crippen LogP contribution in [-0.4, -0.2) is 17.0 Å². The molecule has 5 atom stereocenters. The van der Waals surface area contributed by atoms with Crippen LogP contribution in [0.4, 0.5) is 5.69 Å². The van der Waals surface area contributed by atoms with Crippen molar-refractivity contribution in [1.82, 2.24) is 0 Å². The van der Waals surface area contributed by atoms with Crippen molar-refractivity contribution in [2.75, 3.05) is 5.32 Å². The predicted octanol–water partition coefficient (Wildman–Crippen LogP) is 3.61. The molecule has 0 heterocycles. The highest BCUT2D eigenvalue weighted by Crippen LogP contribution is 2.88. The molecule has 1 aromatic carbocycles. The molecular formula is C18H20INO3. The lowest BCUT2D eigenvalue weighted by atomic mass is 9.62. The lowest BCUT2D eigenvalue weighted by molar-refractivity contribution is -0.148. The molecule has 1 aromatic rings. The Morgan fingerprint density at radius 1 is 1.22 bits per heavy atom. The zero-order valence-electron chi connectivity index (χ0n) is 13.2. The van der Waals surface area contributed by atoms with E-state index in [2.05, 4.69) is 41.8 Å². The monoisotopic (exact) mass is 425 g/mol. The minimum Gasteiger partial charge on any atom is -0.481 e. The molecular weight excluding hydrogens is 405 g/mol. The zero-order chi connectivity index (χ0) is 16.6. The molecule has 5 heteroatoms. The van der Waals surface area contributed by atoms with Crippen molar-refractivity contribution in [3.63, 3.8) is 0 Å². The van der Waals surface area contributed by atoms with Crippen LogP contribution in [0, 0.1) is 38.1 Å². The first-order chi connectivity index (χ1) is 10.8. The van der Waals surface area contributed by atoms with Crippen molar-refractivity contribution in [1.29, 1.82) is 0 Å². The van der Waals surface area contributed by atoms with Crippen LogP contribution in [0.5, 0.6) is 0 Å². The van der Waals surface area contributed by atoms with E-state index in [1.807, 2.05) is 24.3 Å². The normalized spacial score (nSPS) is 38.9. The van der Waals surface area contributed by atoms with Gasteiger partial charge in [-0.3, -0.25) is 9.59 Å². The number of carbonyl (C=O) groups excluding carboxylic acids is 1. The zero-order valence-corrected chi connectivity index (χ0v) is 15.3. The summed E-state index contributed by atoms with van der Waals surface area (Å²) in [6.07, 6.45) is 2.06. The van der Waals surface area contributed by atoms with E-state index in [9.17, 15) is 14.7 Å². The summed E-state index contributed by atoms with van der Waals surface area (Å²) >= 11 is 2.22. The van der Waals surface area contributed by atoms with Crippen LogP contribution in [0.25, 0.3) is 0 Å². The van der Waals surface area contributed by atoms with E-state index in [4.69, 9.17) is 0 Å². The molecule has 1 spiro atoms. The summed E-state index contributed by atoms with van der Waals surface area (Å²) < 4.78 is 1.10. The van der Waals surface area contributed by atoms with E-state index in [1.54, 1.807) is 0 Å². The maximum atomic E-state index is 12.8. The highest BCUT2D eigenvalue weighted by atomic mass is 127. The molecule has 2 N–H and O–H groups in total. The fraction of sp³-hybridized carbons (Fsp3) is 0.556. The van der Waals surface area contributed by atoms with E-state index in [0.717, 1.165) is 22.1 Å². The summed E-state index contributed by atoms with van der Waals surface area (Å²) in [5.74, 6) is -1.48. The van der Waals surface area contributed by atoms with E-state index in [1.165, 1.54) is 0 Å². The number of carboxylic acid groups (broad SMARTS) is 1. The van der Waals surface area contributed by atoms with Gasteiger partial charge in [-0.2, -0.15) is 0 Å². The van der Waals surface area contributed by atoms with Gasteiger partial charge in [-0.25, -0.2) is 0 Å². The van der Waals surface area contributed by atoms with Gasteiger partial charge >= 0.3 is 5.97 Å². The number of nitrogens with one attached hydrogen (secondary N) is 1. The van der Waals surface area contributed by atoms with Crippen molar-refractivity contribution in [2.24, 2.45) is 34.5 Å². The number of halogens is 1. The third-order valence-electron chi connectivity index (χ3n) is 6.86. The number of benzene rings is 1. The largest absolute Gasteiger partial charge is 0.481 e. The highest BCUT2D eigenvalue weighted by Gasteiger charge is 2.86. The van der Waals surface area contributed by atoms with Crippen molar-refractivity contribution in [2.45, 2.75) is 26.7 Å². The van der Waals surface area contributed by atoms with Gasteiger partial charge in [-0.05, 0) is 82.4 Å². The second-order valence-electron chi connectivity index (χ2n) is 7.77. The van der Waals surface area contributed by atoms with Gasteiger partial charge < -0.3 is 10.4 Å². The maximum absolute atomic E-state index is 12.8. The first-order valence-electron chi connectivity index (χ1n) is 8.10. The fourth-order valence-corrected chi connectivity index (χ4v) is 6.23. The van der Waals surface area contributed by atoms with E-state index >= 15 is 0 Å². The molecule has 23 heavy (non-hydrogen) atoms. The Bertz CT molecular complexity index is 699. The summed E-state index contributed by atoms with van der Waals surface area (Å²) in [5.41, 5.74) is 0.913. The molecule has 3 aliphatic carbocycles. The fourth-order valence-electron chi connectivity index (χ4n) is 5.87. The minimum absolute atomic E-state index is 0.0681. The summed E-state index contributed by atoms with van der Waals surface area (Å²) in [4.78, 5) is 24.7. The molecule has 3 fully saturated rings. The van der Waals surface area contributed by atoms with Gasteiger partial charge in [-0.15, -0.1) is 0 Å². The number of rotatable bonds is 3. The third kappa shape index (κ3) is 1.83. The molecule has 4 rings (SSSR count). The van der Waals surface area contributed by atoms with Crippen LogP contribution in [0.2, 0.25) is 0 Å². The van der Waals surface area contributed by atoms with Crippen LogP contribution in [0.3, 0.4) is 0 Å². The number of hydrogen-bond acceptors (Lipinski definition) is 2. The molecule has 0 bridgehead atoms. The summed E-state index contributed by atoms with van der Waals surface area (Å²) in [6.45, 7) is 4.35. The average molecular weight is 425 g/mol. The Kier molecular flexibility index (Phi) is 3.16. The SMILES string of the molecule is CC1(C)C2C(C(=O)O)C(C(=O)Nc3ccc(I)cc3)C3CCC321. The van der Waals surface area contributed by atoms with Gasteiger partial charge in [0, 0.05) is 9.26 Å². The molecule has 4 nitrogen and oxygen atoms in total. The standard InChI is InChI=1S/C18H20INO3/c1-17(2)14-13(16(22)23)12(11-7-8-18(11,14)17)15(21)20-10-5-3-9(19)4-6-10/h3-6,11-14H,7-8H2,1-2H3,(H,20,21)(H,22,23). The van der Waals surface area contributed by atoms with Gasteiger partial charge in [0.25, 0.3) is 0 Å². The molecule has 0 saturated heterocycles. The molecule has 0 radical (unpaired) electrons. The van der Waals surface area contributed by atoms with Crippen molar-refractivity contribution in [3.05, 3.63) is 27.8 Å². The Morgan fingerprint density at radius 2 is 1.87 bits per heavy atom. The van der Waals surface area contributed by atoms with Gasteiger partial charge in [0.15, 0.2) is 0 Å². The van der Waals surface area contributed by atoms with Crippen LogP contribution in [0.15, 0.2) is 24.3 Å². The second-order valence-corrected chi connectivity index (χ2v) is 9.02. The van der Waals surface area contributed by atoms with Gasteiger partial charge in [0.1, 0.15) is 0 Å². The molecule has 3 saturated carbocycles. The molecule has 0 aromatic heterocycles. The highest BCUT2D eigenvalue weighted by molar-refractivity contribution is 14.1. The van der Waals surface area contributed by atoms with E-state index < -0.39 is 17.8 Å². The number of carboxylic acids is 1. The predicted molar refractivity (Wildman–Crippen MR) is 94.8 cm³/mol. The lowest BCUT2D eigenvalue weighted by Crippen LogP contribution is -2.43. The van der Waals surface area contributed by atoms with Crippen LogP contribution in [0.1, 0.15) is 26.7 Å². The van der Waals surface area contributed by atoms with E-state index in [0.29, 0.717) is 0 Å². The minimum atomic E-state index is -0.808. The Balaban J connectivity index is 1.60. The number of anilines is 1. The van der Waals surface area contributed by atoms with Crippen LogP contribution >= 0.6 is 22.6 Å². The first-order valence-corrected chi connectivity index (χ1v) is 9.18. The van der Waals surface area contributed by atoms with Crippen molar-refractivity contribution < 1.29 is 14.7 Å². The summed E-state index contributed by atoms with van der Waals surface area (Å²) in [5, 5.41) is 12.7. The van der Waals surface area contributed by atoms with Gasteiger partial charge in [0.05, 0.1) is 11.8 Å². The average Bonchev–Trinajstić information content (AvgIpc) is 2.88. The Morgan fingerprint density at radius 3 is 2.39 bits per heavy atom. The Hall–Kier alpha value is -1.11. The van der Waals surface area contributed by atoms with Crippen LogP contribution in [-0.2, 0) is 9.59 Å². The maximum Gasteiger partial charge on any atom is 0.307 e. The number of hydrogen-bond donors (Lipinski definition) is 2. The second kappa shape index (κ2) is 4.71.